The highest BCUT2D eigenvalue weighted by molar-refractivity contribution is 5.93. The third-order valence-electron chi connectivity index (χ3n) is 7.03. The van der Waals surface area contributed by atoms with Gasteiger partial charge in [-0.1, -0.05) is 30.3 Å². The normalized spacial score (nSPS) is 26.0. The van der Waals surface area contributed by atoms with Crippen LogP contribution in [0.25, 0.3) is 0 Å². The van der Waals surface area contributed by atoms with Gasteiger partial charge >= 0.3 is 0 Å². The molecule has 2 saturated heterocycles. The number of carbonyl (C=O) groups is 1. The lowest BCUT2D eigenvalue weighted by molar-refractivity contribution is -0.0499. The number of rotatable bonds is 6. The van der Waals surface area contributed by atoms with E-state index in [0.29, 0.717) is 43.2 Å². The van der Waals surface area contributed by atoms with Crippen molar-refractivity contribution in [2.24, 2.45) is 0 Å². The van der Waals surface area contributed by atoms with Gasteiger partial charge in [-0.3, -0.25) is 14.8 Å². The first-order valence-electron chi connectivity index (χ1n) is 10.9. The number of likely N-dealkylation sites (tertiary alicyclic amines) is 2. The second-order valence-corrected chi connectivity index (χ2v) is 8.98. The number of aromatic amines is 1. The second kappa shape index (κ2) is 7.86. The first kappa shape index (κ1) is 19.3. The number of nitriles is 1. The fraction of sp³-hybridized carbons (Fsp3) is 0.522. The van der Waals surface area contributed by atoms with Crippen LogP contribution >= 0.6 is 0 Å². The maximum atomic E-state index is 12.5. The van der Waals surface area contributed by atoms with Crippen LogP contribution in [0.2, 0.25) is 0 Å². The van der Waals surface area contributed by atoms with Crippen LogP contribution < -0.4 is 5.32 Å². The third-order valence-corrected chi connectivity index (χ3v) is 7.03. The number of H-pyrrole nitrogens is 1. The average Bonchev–Trinajstić information content (AvgIpc) is 3.29. The van der Waals surface area contributed by atoms with Gasteiger partial charge in [-0.05, 0) is 30.9 Å². The van der Waals surface area contributed by atoms with Crippen LogP contribution in [0, 0.1) is 11.3 Å². The zero-order valence-electron chi connectivity index (χ0n) is 17.1. The summed E-state index contributed by atoms with van der Waals surface area (Å²) in [5.74, 6) is 0.626. The second-order valence-electron chi connectivity index (χ2n) is 8.98. The molecule has 3 aliphatic rings. The number of amides is 1. The SMILES string of the molecule is N#CCC1(N2CCC(N[C@@H]3C[C@H]3c3ccccc3)CC2)CN(C(=O)c2ccn[nH]2)C1. The Morgan fingerprint density at radius 3 is 2.67 bits per heavy atom. The molecule has 2 N–H and O–H groups in total. The highest BCUT2D eigenvalue weighted by atomic mass is 16.2. The van der Waals surface area contributed by atoms with E-state index in [1.807, 2.05) is 4.90 Å². The minimum Gasteiger partial charge on any atom is -0.333 e. The molecule has 3 heterocycles. The molecule has 2 aliphatic heterocycles. The molecule has 1 aromatic heterocycles. The smallest absolute Gasteiger partial charge is 0.271 e. The van der Waals surface area contributed by atoms with Gasteiger partial charge in [0.05, 0.1) is 18.0 Å². The molecule has 5 rings (SSSR count). The van der Waals surface area contributed by atoms with Crippen LogP contribution in [-0.2, 0) is 0 Å². The van der Waals surface area contributed by atoms with Gasteiger partial charge in [-0.2, -0.15) is 10.4 Å². The van der Waals surface area contributed by atoms with Crippen LogP contribution in [0.1, 0.15) is 47.7 Å². The summed E-state index contributed by atoms with van der Waals surface area (Å²) in [5, 5.41) is 19.9. The van der Waals surface area contributed by atoms with Crippen molar-refractivity contribution in [2.75, 3.05) is 26.2 Å². The first-order valence-corrected chi connectivity index (χ1v) is 10.9. The van der Waals surface area contributed by atoms with E-state index in [4.69, 9.17) is 0 Å². The number of nitrogens with zero attached hydrogens (tertiary/aromatic N) is 4. The number of nitrogens with one attached hydrogen (secondary N) is 2. The molecule has 7 heteroatoms. The molecular formula is C23H28N6O. The molecule has 7 nitrogen and oxygen atoms in total. The zero-order chi connectivity index (χ0) is 20.6. The number of aromatic nitrogens is 2. The average molecular weight is 405 g/mol. The van der Waals surface area contributed by atoms with E-state index in [2.05, 4.69) is 56.8 Å². The lowest BCUT2D eigenvalue weighted by atomic mass is 9.82. The molecule has 1 saturated carbocycles. The van der Waals surface area contributed by atoms with Crippen LogP contribution in [0.5, 0.6) is 0 Å². The van der Waals surface area contributed by atoms with E-state index < -0.39 is 0 Å². The Morgan fingerprint density at radius 2 is 2.00 bits per heavy atom. The van der Waals surface area contributed by atoms with Crippen LogP contribution in [0.3, 0.4) is 0 Å². The fourth-order valence-electron chi connectivity index (χ4n) is 5.20. The molecular weight excluding hydrogens is 376 g/mol. The standard InChI is InChI=1S/C23H28N6O/c24-10-9-23(15-28(16-23)22(30)20-6-11-25-27-20)29-12-7-18(8-13-29)26-21-14-19(21)17-4-2-1-3-5-17/h1-6,11,18-19,21,26H,7-9,12-16H2,(H,25,27)/t19-,21+/m0/s1. The summed E-state index contributed by atoms with van der Waals surface area (Å²) in [6.07, 6.45) is 5.48. The lowest BCUT2D eigenvalue weighted by Gasteiger charge is -2.56. The monoisotopic (exact) mass is 404 g/mol. The largest absolute Gasteiger partial charge is 0.333 e. The van der Waals surface area contributed by atoms with E-state index >= 15 is 0 Å². The highest BCUT2D eigenvalue weighted by Crippen LogP contribution is 2.41. The Hall–Kier alpha value is -2.69. The van der Waals surface area contributed by atoms with Crippen molar-refractivity contribution in [1.82, 2.24) is 25.3 Å². The van der Waals surface area contributed by atoms with E-state index in [1.54, 1.807) is 12.3 Å². The van der Waals surface area contributed by atoms with Gasteiger partial charge in [0.2, 0.25) is 0 Å². The Morgan fingerprint density at radius 1 is 1.23 bits per heavy atom. The minimum atomic E-state index is -0.193. The molecule has 156 valence electrons. The van der Waals surface area contributed by atoms with Crippen LogP contribution in [-0.4, -0.2) is 69.7 Å². The van der Waals surface area contributed by atoms with E-state index in [0.717, 1.165) is 25.9 Å². The molecule has 3 fully saturated rings. The summed E-state index contributed by atoms with van der Waals surface area (Å²) in [7, 11) is 0. The summed E-state index contributed by atoms with van der Waals surface area (Å²) >= 11 is 0. The van der Waals surface area contributed by atoms with Gasteiger partial charge in [-0.25, -0.2) is 0 Å². The first-order chi connectivity index (χ1) is 14.7. The van der Waals surface area contributed by atoms with Crippen molar-refractivity contribution in [3.63, 3.8) is 0 Å². The molecule has 0 unspecified atom stereocenters. The van der Waals surface area contributed by atoms with Gasteiger partial charge in [-0.15, -0.1) is 0 Å². The maximum absolute atomic E-state index is 12.5. The van der Waals surface area contributed by atoms with Gasteiger partial charge in [0.25, 0.3) is 5.91 Å². The van der Waals surface area contributed by atoms with Crippen molar-refractivity contribution < 1.29 is 4.79 Å². The number of carbonyl (C=O) groups excluding carboxylic acids is 1. The van der Waals surface area contributed by atoms with Crippen molar-refractivity contribution in [3.05, 3.63) is 53.9 Å². The number of benzene rings is 1. The Kier molecular flexibility index (Phi) is 5.05. The minimum absolute atomic E-state index is 0.0293. The molecule has 1 amide bonds. The summed E-state index contributed by atoms with van der Waals surface area (Å²) in [4.78, 5) is 16.8. The van der Waals surface area contributed by atoms with E-state index in [1.165, 1.54) is 12.0 Å². The van der Waals surface area contributed by atoms with Crippen molar-refractivity contribution in [3.8, 4) is 6.07 Å². The Bertz CT molecular complexity index is 907. The number of piperidine rings is 1. The Balaban J connectivity index is 1.13. The molecule has 0 spiro atoms. The molecule has 2 aromatic rings. The molecule has 0 radical (unpaired) electrons. The van der Waals surface area contributed by atoms with E-state index in [9.17, 15) is 10.1 Å². The summed E-state index contributed by atoms with van der Waals surface area (Å²) in [6.45, 7) is 3.20. The van der Waals surface area contributed by atoms with Crippen LogP contribution in [0.15, 0.2) is 42.6 Å². The summed E-state index contributed by atoms with van der Waals surface area (Å²) < 4.78 is 0. The zero-order valence-corrected chi connectivity index (χ0v) is 17.1. The van der Waals surface area contributed by atoms with Crippen molar-refractivity contribution in [2.45, 2.75) is 49.2 Å². The van der Waals surface area contributed by atoms with Gasteiger partial charge in [0.15, 0.2) is 0 Å². The molecule has 2 atom stereocenters. The maximum Gasteiger partial charge on any atom is 0.271 e. The molecule has 1 aliphatic carbocycles. The summed E-state index contributed by atoms with van der Waals surface area (Å²) in [6, 6.07) is 16.0. The molecule has 30 heavy (non-hydrogen) atoms. The van der Waals surface area contributed by atoms with Gasteiger partial charge in [0.1, 0.15) is 5.69 Å². The summed E-state index contributed by atoms with van der Waals surface area (Å²) in [5.41, 5.74) is 1.76. The molecule has 0 bridgehead atoms. The third kappa shape index (κ3) is 3.62. The van der Waals surface area contributed by atoms with Gasteiger partial charge < -0.3 is 10.2 Å². The predicted molar refractivity (Wildman–Crippen MR) is 113 cm³/mol. The van der Waals surface area contributed by atoms with Crippen LogP contribution in [0.4, 0.5) is 0 Å². The quantitative estimate of drug-likeness (QED) is 0.770. The number of hydrogen-bond acceptors (Lipinski definition) is 5. The topological polar surface area (TPSA) is 88.1 Å². The molecule has 1 aromatic carbocycles. The Labute approximate surface area is 177 Å². The predicted octanol–water partition coefficient (Wildman–Crippen LogP) is 2.13. The lowest BCUT2D eigenvalue weighted by Crippen LogP contribution is -2.72. The van der Waals surface area contributed by atoms with Gasteiger partial charge in [0, 0.05) is 50.4 Å². The highest BCUT2D eigenvalue weighted by Gasteiger charge is 2.50. The van der Waals surface area contributed by atoms with E-state index in [-0.39, 0.29) is 11.4 Å². The van der Waals surface area contributed by atoms with Crippen molar-refractivity contribution in [1.29, 1.82) is 5.26 Å². The number of hydrogen-bond donors (Lipinski definition) is 2. The van der Waals surface area contributed by atoms with Crippen molar-refractivity contribution >= 4 is 5.91 Å². The fourth-order valence-corrected chi connectivity index (χ4v) is 5.20.